The largest absolute Gasteiger partial charge is 0.389 e. The number of nitrogens with two attached hydrogens (primary N) is 1. The van der Waals surface area contributed by atoms with Crippen LogP contribution in [0, 0.1) is 0 Å². The van der Waals surface area contributed by atoms with E-state index < -0.39 is 5.60 Å². The summed E-state index contributed by atoms with van der Waals surface area (Å²) >= 11 is 0. The minimum atomic E-state index is -0.735. The normalized spacial score (nSPS) is 31.3. The first-order valence-corrected chi connectivity index (χ1v) is 6.11. The summed E-state index contributed by atoms with van der Waals surface area (Å²) in [5.74, 6) is 0. The van der Waals surface area contributed by atoms with Gasteiger partial charge in [-0.05, 0) is 39.7 Å². The van der Waals surface area contributed by atoms with Crippen LogP contribution in [0.1, 0.15) is 33.1 Å². The van der Waals surface area contributed by atoms with Gasteiger partial charge in [0.15, 0.2) is 0 Å². The van der Waals surface area contributed by atoms with E-state index in [9.17, 15) is 5.11 Å². The third kappa shape index (κ3) is 4.01. The quantitative estimate of drug-likeness (QED) is 0.725. The molecule has 0 aromatic rings. The summed E-state index contributed by atoms with van der Waals surface area (Å²) in [6.07, 6.45) is 3.01. The van der Waals surface area contributed by atoms with Crippen molar-refractivity contribution in [2.45, 2.75) is 44.3 Å². The van der Waals surface area contributed by atoms with E-state index in [1.807, 2.05) is 0 Å². The first-order valence-electron chi connectivity index (χ1n) is 6.11. The highest BCUT2D eigenvalue weighted by atomic mass is 16.5. The van der Waals surface area contributed by atoms with E-state index in [0.717, 1.165) is 38.9 Å². The number of ether oxygens (including phenoxy) is 1. The van der Waals surface area contributed by atoms with Crippen LogP contribution in [0.15, 0.2) is 0 Å². The van der Waals surface area contributed by atoms with Crippen molar-refractivity contribution in [3.05, 3.63) is 0 Å². The fraction of sp³-hybridized carbons (Fsp3) is 1.00. The maximum Gasteiger partial charge on any atom is 0.0777 e. The van der Waals surface area contributed by atoms with Crippen LogP contribution in [-0.2, 0) is 4.74 Å². The van der Waals surface area contributed by atoms with Crippen LogP contribution in [0.2, 0.25) is 0 Å². The Hall–Kier alpha value is -0.160. The molecule has 1 fully saturated rings. The Morgan fingerprint density at radius 3 is 2.81 bits per heavy atom. The molecular formula is C12H26N2O2. The van der Waals surface area contributed by atoms with Crippen LogP contribution in [0.5, 0.6) is 0 Å². The molecule has 2 atom stereocenters. The van der Waals surface area contributed by atoms with E-state index >= 15 is 0 Å². The molecule has 1 saturated heterocycles. The zero-order chi connectivity index (χ0) is 12.2. The predicted octanol–water partition coefficient (Wildman–Crippen LogP) is 0.587. The van der Waals surface area contributed by atoms with Crippen molar-refractivity contribution in [3.8, 4) is 0 Å². The second-order valence-corrected chi connectivity index (χ2v) is 5.48. The van der Waals surface area contributed by atoms with Gasteiger partial charge in [-0.15, -0.1) is 0 Å². The maximum atomic E-state index is 9.86. The van der Waals surface area contributed by atoms with Gasteiger partial charge < -0.3 is 20.5 Å². The van der Waals surface area contributed by atoms with Crippen LogP contribution >= 0.6 is 0 Å². The topological polar surface area (TPSA) is 58.7 Å². The average molecular weight is 230 g/mol. The third-order valence-electron chi connectivity index (χ3n) is 3.64. The number of hydrogen-bond donors (Lipinski definition) is 2. The van der Waals surface area contributed by atoms with Gasteiger partial charge in [0.2, 0.25) is 0 Å². The zero-order valence-corrected chi connectivity index (χ0v) is 10.8. The lowest BCUT2D eigenvalue weighted by Gasteiger charge is -2.40. The SMILES string of the molecule is COC1(C)CCCN(CCC(C)(O)CN)C1. The number of aliphatic hydroxyl groups is 1. The van der Waals surface area contributed by atoms with Crippen molar-refractivity contribution in [2.24, 2.45) is 5.73 Å². The van der Waals surface area contributed by atoms with Crippen LogP contribution in [-0.4, -0.2) is 54.5 Å². The van der Waals surface area contributed by atoms with Gasteiger partial charge in [-0.2, -0.15) is 0 Å². The minimum Gasteiger partial charge on any atom is -0.389 e. The number of nitrogens with zero attached hydrogens (tertiary/aromatic N) is 1. The first-order chi connectivity index (χ1) is 7.41. The molecule has 3 N–H and O–H groups in total. The molecule has 0 bridgehead atoms. The molecule has 1 aliphatic heterocycles. The molecule has 16 heavy (non-hydrogen) atoms. The Kier molecular flexibility index (Phi) is 4.73. The second kappa shape index (κ2) is 5.45. The van der Waals surface area contributed by atoms with Gasteiger partial charge in [-0.1, -0.05) is 0 Å². The molecule has 0 aromatic carbocycles. The van der Waals surface area contributed by atoms with Crippen LogP contribution < -0.4 is 5.73 Å². The van der Waals surface area contributed by atoms with E-state index in [2.05, 4.69) is 11.8 Å². The summed E-state index contributed by atoms with van der Waals surface area (Å²) in [6, 6.07) is 0. The molecule has 4 heteroatoms. The van der Waals surface area contributed by atoms with Gasteiger partial charge in [0.05, 0.1) is 11.2 Å². The smallest absolute Gasteiger partial charge is 0.0777 e. The van der Waals surface area contributed by atoms with Gasteiger partial charge in [0.1, 0.15) is 0 Å². The van der Waals surface area contributed by atoms with Gasteiger partial charge in [0, 0.05) is 26.7 Å². The van der Waals surface area contributed by atoms with Crippen molar-refractivity contribution in [2.75, 3.05) is 33.3 Å². The zero-order valence-electron chi connectivity index (χ0n) is 10.8. The molecule has 4 nitrogen and oxygen atoms in total. The molecular weight excluding hydrogens is 204 g/mol. The highest BCUT2D eigenvalue weighted by molar-refractivity contribution is 4.86. The van der Waals surface area contributed by atoms with Gasteiger partial charge in [-0.3, -0.25) is 0 Å². The summed E-state index contributed by atoms with van der Waals surface area (Å²) in [6.45, 7) is 7.21. The van der Waals surface area contributed by atoms with Gasteiger partial charge in [-0.25, -0.2) is 0 Å². The Labute approximate surface area is 98.8 Å². The molecule has 96 valence electrons. The lowest BCUT2D eigenvalue weighted by atomic mass is 9.93. The van der Waals surface area contributed by atoms with Crippen LogP contribution in [0.4, 0.5) is 0 Å². The Morgan fingerprint density at radius 1 is 1.56 bits per heavy atom. The van der Waals surface area contributed by atoms with E-state index in [1.165, 1.54) is 0 Å². The second-order valence-electron chi connectivity index (χ2n) is 5.48. The van der Waals surface area contributed by atoms with Gasteiger partial charge in [0.25, 0.3) is 0 Å². The van der Waals surface area contributed by atoms with Gasteiger partial charge >= 0.3 is 0 Å². The highest BCUT2D eigenvalue weighted by Gasteiger charge is 2.31. The molecule has 1 heterocycles. The number of methoxy groups -OCH3 is 1. The van der Waals surface area contributed by atoms with E-state index in [1.54, 1.807) is 14.0 Å². The molecule has 0 aromatic heterocycles. The summed E-state index contributed by atoms with van der Waals surface area (Å²) < 4.78 is 5.54. The number of hydrogen-bond acceptors (Lipinski definition) is 4. The molecule has 1 aliphatic rings. The van der Waals surface area contributed by atoms with Crippen LogP contribution in [0.3, 0.4) is 0 Å². The molecule has 0 spiro atoms. The van der Waals surface area contributed by atoms with Crippen LogP contribution in [0.25, 0.3) is 0 Å². The number of piperidine rings is 1. The molecule has 0 radical (unpaired) electrons. The van der Waals surface area contributed by atoms with E-state index in [-0.39, 0.29) is 5.60 Å². The van der Waals surface area contributed by atoms with Crippen molar-refractivity contribution in [1.82, 2.24) is 4.90 Å². The monoisotopic (exact) mass is 230 g/mol. The number of rotatable bonds is 5. The summed E-state index contributed by atoms with van der Waals surface area (Å²) in [7, 11) is 1.78. The fourth-order valence-corrected chi connectivity index (χ4v) is 2.17. The lowest BCUT2D eigenvalue weighted by molar-refractivity contribution is -0.0560. The highest BCUT2D eigenvalue weighted by Crippen LogP contribution is 2.24. The lowest BCUT2D eigenvalue weighted by Crippen LogP contribution is -2.49. The van der Waals surface area contributed by atoms with Crippen molar-refractivity contribution >= 4 is 0 Å². The maximum absolute atomic E-state index is 9.86. The minimum absolute atomic E-state index is 0.0210. The fourth-order valence-electron chi connectivity index (χ4n) is 2.17. The molecule has 0 aliphatic carbocycles. The first kappa shape index (κ1) is 13.9. The third-order valence-corrected chi connectivity index (χ3v) is 3.64. The molecule has 1 rings (SSSR count). The van der Waals surface area contributed by atoms with Crippen molar-refractivity contribution in [1.29, 1.82) is 0 Å². The summed E-state index contributed by atoms with van der Waals surface area (Å²) in [5, 5.41) is 9.86. The van der Waals surface area contributed by atoms with Crippen molar-refractivity contribution < 1.29 is 9.84 Å². The van der Waals surface area contributed by atoms with E-state index in [0.29, 0.717) is 6.54 Å². The standard InChI is InChI=1S/C12H26N2O2/c1-11(15,9-13)6-8-14-7-4-5-12(2,10-14)16-3/h15H,4-10,13H2,1-3H3. The summed E-state index contributed by atoms with van der Waals surface area (Å²) in [4.78, 5) is 2.36. The predicted molar refractivity (Wildman–Crippen MR) is 65.4 cm³/mol. The molecule has 2 unspecified atom stereocenters. The molecule has 0 saturated carbocycles. The Morgan fingerprint density at radius 2 is 2.25 bits per heavy atom. The number of likely N-dealkylation sites (tertiary alicyclic amines) is 1. The van der Waals surface area contributed by atoms with Crippen molar-refractivity contribution in [3.63, 3.8) is 0 Å². The summed E-state index contributed by atoms with van der Waals surface area (Å²) in [5.41, 5.74) is 4.75. The van der Waals surface area contributed by atoms with E-state index in [4.69, 9.17) is 10.5 Å². The molecule has 0 amide bonds. The Bertz CT molecular complexity index is 221. The Balaban J connectivity index is 2.38. The average Bonchev–Trinajstić information content (AvgIpc) is 2.27.